The van der Waals surface area contributed by atoms with Crippen LogP contribution in [0.1, 0.15) is 23.3 Å². The number of hydrogen-bond acceptors (Lipinski definition) is 2. The molecule has 0 aromatic carbocycles. The van der Waals surface area contributed by atoms with Crippen LogP contribution in [0.4, 0.5) is 13.2 Å². The Labute approximate surface area is 129 Å². The molecule has 0 spiro atoms. The van der Waals surface area contributed by atoms with E-state index in [9.17, 15) is 18.0 Å². The van der Waals surface area contributed by atoms with Gasteiger partial charge in [-0.05, 0) is 18.9 Å². The van der Waals surface area contributed by atoms with Gasteiger partial charge in [-0.2, -0.15) is 13.2 Å². The highest BCUT2D eigenvalue weighted by atomic mass is 35.5. The number of nitrogens with zero attached hydrogens (tertiary/aromatic N) is 2. The molecule has 1 aliphatic rings. The maximum Gasteiger partial charge on any atom is 0.408 e. The molecular formula is C12H14Cl2F3N3O. The van der Waals surface area contributed by atoms with Crippen molar-refractivity contribution in [1.82, 2.24) is 9.47 Å². The van der Waals surface area contributed by atoms with Gasteiger partial charge in [0.05, 0.1) is 5.02 Å². The molecule has 2 N–H and O–H groups in total. The number of likely N-dealkylation sites (tertiary alicyclic amines) is 1. The average molecular weight is 344 g/mol. The zero-order valence-corrected chi connectivity index (χ0v) is 12.6. The van der Waals surface area contributed by atoms with E-state index in [1.165, 1.54) is 17.7 Å². The van der Waals surface area contributed by atoms with Crippen LogP contribution in [0.5, 0.6) is 0 Å². The van der Waals surface area contributed by atoms with Gasteiger partial charge in [0.2, 0.25) is 0 Å². The second kappa shape index (κ2) is 5.70. The van der Waals surface area contributed by atoms with Crippen LogP contribution in [0.15, 0.2) is 6.07 Å². The SMILES string of the molecule is Cn1c(C(=O)N2CC(N)CCC2C(F)(F)F)cc(Cl)c1Cl. The number of halogens is 5. The molecule has 1 amide bonds. The van der Waals surface area contributed by atoms with Crippen LogP contribution >= 0.6 is 23.2 Å². The van der Waals surface area contributed by atoms with Gasteiger partial charge in [-0.25, -0.2) is 0 Å². The van der Waals surface area contributed by atoms with Gasteiger partial charge in [0.15, 0.2) is 0 Å². The van der Waals surface area contributed by atoms with Gasteiger partial charge in [-0.1, -0.05) is 23.2 Å². The van der Waals surface area contributed by atoms with E-state index in [-0.39, 0.29) is 35.3 Å². The minimum Gasteiger partial charge on any atom is -0.329 e. The van der Waals surface area contributed by atoms with Gasteiger partial charge in [0, 0.05) is 19.6 Å². The van der Waals surface area contributed by atoms with Crippen molar-refractivity contribution in [1.29, 1.82) is 0 Å². The molecule has 0 bridgehead atoms. The van der Waals surface area contributed by atoms with E-state index >= 15 is 0 Å². The lowest BCUT2D eigenvalue weighted by Gasteiger charge is -2.39. The van der Waals surface area contributed by atoms with E-state index < -0.39 is 24.2 Å². The molecule has 2 atom stereocenters. The predicted octanol–water partition coefficient (Wildman–Crippen LogP) is 2.83. The largest absolute Gasteiger partial charge is 0.408 e. The second-order valence-corrected chi connectivity index (χ2v) is 5.84. The zero-order valence-electron chi connectivity index (χ0n) is 11.1. The van der Waals surface area contributed by atoms with Crippen molar-refractivity contribution in [3.63, 3.8) is 0 Å². The summed E-state index contributed by atoms with van der Waals surface area (Å²) in [7, 11) is 1.47. The number of rotatable bonds is 1. The van der Waals surface area contributed by atoms with Gasteiger partial charge in [-0.3, -0.25) is 4.79 Å². The molecule has 1 fully saturated rings. The molecule has 2 unspecified atom stereocenters. The first-order chi connectivity index (χ1) is 9.62. The smallest absolute Gasteiger partial charge is 0.329 e. The second-order valence-electron chi connectivity index (χ2n) is 5.08. The Kier molecular flexibility index (Phi) is 4.46. The van der Waals surface area contributed by atoms with Gasteiger partial charge < -0.3 is 15.2 Å². The minimum absolute atomic E-state index is 0.00773. The summed E-state index contributed by atoms with van der Waals surface area (Å²) in [4.78, 5) is 13.2. The molecule has 0 radical (unpaired) electrons. The molecule has 1 saturated heterocycles. The quantitative estimate of drug-likeness (QED) is 0.852. The number of hydrogen-bond donors (Lipinski definition) is 1. The minimum atomic E-state index is -4.49. The number of amides is 1. The fourth-order valence-electron chi connectivity index (χ4n) is 2.46. The monoisotopic (exact) mass is 343 g/mol. The fourth-order valence-corrected chi connectivity index (χ4v) is 2.83. The lowest BCUT2D eigenvalue weighted by molar-refractivity contribution is -0.184. The predicted molar refractivity (Wildman–Crippen MR) is 73.5 cm³/mol. The van der Waals surface area contributed by atoms with Crippen molar-refractivity contribution in [2.45, 2.75) is 31.1 Å². The molecule has 2 rings (SSSR count). The normalized spacial score (nSPS) is 23.5. The van der Waals surface area contributed by atoms with Crippen molar-refractivity contribution in [3.05, 3.63) is 21.9 Å². The van der Waals surface area contributed by atoms with E-state index in [2.05, 4.69) is 0 Å². The van der Waals surface area contributed by atoms with E-state index in [4.69, 9.17) is 28.9 Å². The van der Waals surface area contributed by atoms with Crippen molar-refractivity contribution >= 4 is 29.1 Å². The van der Waals surface area contributed by atoms with Gasteiger partial charge in [0.25, 0.3) is 5.91 Å². The van der Waals surface area contributed by atoms with Crippen LogP contribution in [0.2, 0.25) is 10.2 Å². The van der Waals surface area contributed by atoms with E-state index in [1.807, 2.05) is 0 Å². The summed E-state index contributed by atoms with van der Waals surface area (Å²) in [5.74, 6) is -0.774. The lowest BCUT2D eigenvalue weighted by Crippen LogP contribution is -2.56. The van der Waals surface area contributed by atoms with E-state index in [0.717, 1.165) is 4.90 Å². The molecule has 21 heavy (non-hydrogen) atoms. The highest BCUT2D eigenvalue weighted by Crippen LogP contribution is 2.34. The molecule has 1 aromatic rings. The molecular weight excluding hydrogens is 330 g/mol. The number of aromatic nitrogens is 1. The standard InChI is InChI=1S/C12H14Cl2F3N3O/c1-19-8(4-7(13)10(19)14)11(21)20-5-6(18)2-3-9(20)12(15,16)17/h4,6,9H,2-3,5,18H2,1H3. The average Bonchev–Trinajstić information content (AvgIpc) is 2.64. The highest BCUT2D eigenvalue weighted by molar-refractivity contribution is 6.41. The topological polar surface area (TPSA) is 51.3 Å². The first-order valence-electron chi connectivity index (χ1n) is 6.27. The fraction of sp³-hybridized carbons (Fsp3) is 0.583. The zero-order chi connectivity index (χ0) is 15.9. The van der Waals surface area contributed by atoms with Crippen LogP contribution in [0.3, 0.4) is 0 Å². The molecule has 4 nitrogen and oxygen atoms in total. The third-order valence-corrected chi connectivity index (χ3v) is 4.43. The summed E-state index contributed by atoms with van der Waals surface area (Å²) in [6, 6.07) is -1.05. The third kappa shape index (κ3) is 3.14. The number of nitrogens with two attached hydrogens (primary N) is 1. The summed E-state index contributed by atoms with van der Waals surface area (Å²) in [6.07, 6.45) is -4.47. The Morgan fingerprint density at radius 3 is 2.48 bits per heavy atom. The van der Waals surface area contributed by atoms with E-state index in [0.29, 0.717) is 0 Å². The molecule has 9 heteroatoms. The molecule has 2 heterocycles. The van der Waals surface area contributed by atoms with E-state index in [1.54, 1.807) is 0 Å². The maximum atomic E-state index is 13.1. The molecule has 0 aliphatic carbocycles. The van der Waals surface area contributed by atoms with Gasteiger partial charge in [0.1, 0.15) is 16.9 Å². The Balaban J connectivity index is 2.35. The van der Waals surface area contributed by atoms with Crippen molar-refractivity contribution in [2.75, 3.05) is 6.54 Å². The Bertz CT molecular complexity index is 559. The van der Waals surface area contributed by atoms with Gasteiger partial charge in [-0.15, -0.1) is 0 Å². The number of alkyl halides is 3. The number of carbonyl (C=O) groups is 1. The summed E-state index contributed by atoms with van der Waals surface area (Å²) >= 11 is 11.7. The third-order valence-electron chi connectivity index (χ3n) is 3.59. The van der Waals surface area contributed by atoms with Gasteiger partial charge >= 0.3 is 6.18 Å². The number of piperidine rings is 1. The Hall–Kier alpha value is -0.920. The summed E-state index contributed by atoms with van der Waals surface area (Å²) in [5, 5.41) is 0.220. The lowest BCUT2D eigenvalue weighted by atomic mass is 9.98. The van der Waals surface area contributed by atoms with Crippen LogP contribution in [-0.2, 0) is 7.05 Å². The van der Waals surface area contributed by atoms with Crippen LogP contribution in [0.25, 0.3) is 0 Å². The summed E-state index contributed by atoms with van der Waals surface area (Å²) < 4.78 is 40.5. The number of carbonyl (C=O) groups excluding carboxylic acids is 1. The molecule has 1 aromatic heterocycles. The Morgan fingerprint density at radius 2 is 2.00 bits per heavy atom. The first-order valence-corrected chi connectivity index (χ1v) is 7.02. The van der Waals surface area contributed by atoms with Crippen LogP contribution < -0.4 is 5.73 Å². The maximum absolute atomic E-state index is 13.1. The molecule has 118 valence electrons. The Morgan fingerprint density at radius 1 is 1.38 bits per heavy atom. The van der Waals surface area contributed by atoms with Crippen molar-refractivity contribution in [2.24, 2.45) is 12.8 Å². The van der Waals surface area contributed by atoms with Crippen molar-refractivity contribution < 1.29 is 18.0 Å². The van der Waals surface area contributed by atoms with Crippen LogP contribution in [-0.4, -0.2) is 40.2 Å². The summed E-state index contributed by atoms with van der Waals surface area (Å²) in [5.41, 5.74) is 5.71. The van der Waals surface area contributed by atoms with Crippen molar-refractivity contribution in [3.8, 4) is 0 Å². The first kappa shape index (κ1) is 16.5. The molecule has 1 aliphatic heterocycles. The molecule has 0 saturated carbocycles. The van der Waals surface area contributed by atoms with Crippen LogP contribution in [0, 0.1) is 0 Å². The highest BCUT2D eigenvalue weighted by Gasteiger charge is 2.48. The summed E-state index contributed by atoms with van der Waals surface area (Å²) in [6.45, 7) is -0.149.